The largest absolute Gasteiger partial charge is 0.208 e. The highest BCUT2D eigenvalue weighted by molar-refractivity contribution is 6.05. The molecule has 0 amide bonds. The van der Waals surface area contributed by atoms with Gasteiger partial charge in [-0.05, 0) is 68.3 Å². The molecule has 0 radical (unpaired) electrons. The van der Waals surface area contributed by atoms with E-state index in [1.165, 1.54) is 33.0 Å². The molecule has 1 aliphatic rings. The molecule has 0 N–H and O–H groups in total. The number of nitrogens with zero attached hydrogens (tertiary/aromatic N) is 4. The summed E-state index contributed by atoms with van der Waals surface area (Å²) >= 11 is 0. The number of fused-ring (bicyclic) bond motifs is 5. The van der Waals surface area contributed by atoms with Gasteiger partial charge < -0.3 is 0 Å². The first-order valence-electron chi connectivity index (χ1n) is 16.4. The summed E-state index contributed by atoms with van der Waals surface area (Å²) in [6, 6.07) is 56.7. The molecule has 4 nitrogen and oxygen atoms in total. The third kappa shape index (κ3) is 5.06. The maximum absolute atomic E-state index is 9.91. The monoisotopic (exact) mass is 624 g/mol. The topological polar surface area (TPSA) is 62.5 Å². The fraction of sp³-hybridized carbons (Fsp3) is 0.0222. The maximum atomic E-state index is 9.91. The molecule has 9 rings (SSSR count). The molecule has 0 unspecified atom stereocenters. The molecule has 1 aromatic heterocycles. The van der Waals surface area contributed by atoms with Gasteiger partial charge in [-0.2, -0.15) is 5.26 Å². The van der Waals surface area contributed by atoms with Gasteiger partial charge in [-0.15, -0.1) is 0 Å². The van der Waals surface area contributed by atoms with E-state index in [1.807, 2.05) is 72.8 Å². The second kappa shape index (κ2) is 11.8. The Labute approximate surface area is 284 Å². The lowest BCUT2D eigenvalue weighted by Gasteiger charge is -2.14. The third-order valence-electron chi connectivity index (χ3n) is 9.44. The number of hydrogen-bond acceptors (Lipinski definition) is 4. The van der Waals surface area contributed by atoms with E-state index in [2.05, 4.69) is 91.0 Å². The van der Waals surface area contributed by atoms with E-state index in [-0.39, 0.29) is 0 Å². The highest BCUT2D eigenvalue weighted by Crippen LogP contribution is 2.45. The molecule has 0 saturated heterocycles. The highest BCUT2D eigenvalue weighted by Gasteiger charge is 2.25. The Morgan fingerprint density at radius 2 is 0.918 bits per heavy atom. The Morgan fingerprint density at radius 1 is 0.429 bits per heavy atom. The van der Waals surface area contributed by atoms with Crippen molar-refractivity contribution in [3.8, 4) is 73.6 Å². The Kier molecular flexibility index (Phi) is 6.88. The molecule has 0 fully saturated rings. The van der Waals surface area contributed by atoms with E-state index in [9.17, 15) is 5.26 Å². The van der Waals surface area contributed by atoms with Gasteiger partial charge in [0.25, 0.3) is 0 Å². The average Bonchev–Trinajstić information content (AvgIpc) is 3.57. The summed E-state index contributed by atoms with van der Waals surface area (Å²) in [6.45, 7) is 0. The molecule has 49 heavy (non-hydrogen) atoms. The van der Waals surface area contributed by atoms with Crippen LogP contribution in [0.3, 0.4) is 0 Å². The molecular formula is C45H28N4. The van der Waals surface area contributed by atoms with Gasteiger partial charge >= 0.3 is 0 Å². The fourth-order valence-electron chi connectivity index (χ4n) is 7.03. The van der Waals surface area contributed by atoms with E-state index in [1.54, 1.807) is 0 Å². The highest BCUT2D eigenvalue weighted by atomic mass is 15.0. The quantitative estimate of drug-likeness (QED) is 0.191. The lowest BCUT2D eigenvalue weighted by Crippen LogP contribution is -2.00. The summed E-state index contributed by atoms with van der Waals surface area (Å²) in [5, 5.41) is 12.4. The van der Waals surface area contributed by atoms with E-state index in [4.69, 9.17) is 15.0 Å². The lowest BCUT2D eigenvalue weighted by atomic mass is 9.90. The van der Waals surface area contributed by atoms with Crippen molar-refractivity contribution in [1.82, 2.24) is 15.0 Å². The summed E-state index contributed by atoms with van der Waals surface area (Å²) in [4.78, 5) is 14.6. The van der Waals surface area contributed by atoms with Crippen LogP contribution in [0.15, 0.2) is 158 Å². The molecular weight excluding hydrogens is 597 g/mol. The second-order valence-corrected chi connectivity index (χ2v) is 12.3. The summed E-state index contributed by atoms with van der Waals surface area (Å²) in [7, 11) is 0. The summed E-state index contributed by atoms with van der Waals surface area (Å²) in [5.41, 5.74) is 12.9. The minimum Gasteiger partial charge on any atom is -0.208 e. The molecule has 0 saturated carbocycles. The van der Waals surface area contributed by atoms with Crippen LogP contribution in [-0.2, 0) is 6.42 Å². The van der Waals surface area contributed by atoms with Crippen molar-refractivity contribution < 1.29 is 0 Å². The van der Waals surface area contributed by atoms with Gasteiger partial charge in [0, 0.05) is 22.3 Å². The Balaban J connectivity index is 1.07. The van der Waals surface area contributed by atoms with Crippen LogP contribution in [0.25, 0.3) is 78.3 Å². The minimum absolute atomic E-state index is 0.638. The zero-order valence-corrected chi connectivity index (χ0v) is 26.5. The number of aromatic nitrogens is 3. The Bertz CT molecular complexity index is 2490. The zero-order valence-electron chi connectivity index (χ0n) is 26.5. The van der Waals surface area contributed by atoms with Crippen LogP contribution < -0.4 is 0 Å². The Morgan fingerprint density at radius 3 is 1.49 bits per heavy atom. The molecule has 228 valence electrons. The van der Waals surface area contributed by atoms with Crippen LogP contribution in [0.1, 0.15) is 16.7 Å². The first kappa shape index (κ1) is 28.5. The standard InChI is InChI=1S/C45H28N4/c46-28-36-15-9-14-35-26-40-38-17-8-7-16-37(38)39(27-41(40)42(35)36)31-22-18-29(19-23-31)30-20-24-34(25-21-30)45-48-43(32-10-3-1-4-11-32)47-44(49-45)33-12-5-2-6-13-33/h1-25,27H,26H2. The van der Waals surface area contributed by atoms with E-state index in [0.29, 0.717) is 17.5 Å². The van der Waals surface area contributed by atoms with E-state index >= 15 is 0 Å². The number of hydrogen-bond donors (Lipinski definition) is 0. The predicted octanol–water partition coefficient (Wildman–Crippen LogP) is 10.8. The minimum atomic E-state index is 0.638. The molecule has 1 heterocycles. The summed E-state index contributed by atoms with van der Waals surface area (Å²) < 4.78 is 0. The van der Waals surface area contributed by atoms with Crippen LogP contribution in [0.2, 0.25) is 0 Å². The molecule has 0 bridgehead atoms. The van der Waals surface area contributed by atoms with Gasteiger partial charge in [-0.25, -0.2) is 15.0 Å². The van der Waals surface area contributed by atoms with Crippen molar-refractivity contribution in [1.29, 1.82) is 5.26 Å². The second-order valence-electron chi connectivity index (χ2n) is 12.3. The van der Waals surface area contributed by atoms with Crippen LogP contribution in [0.4, 0.5) is 0 Å². The van der Waals surface area contributed by atoms with E-state index in [0.717, 1.165) is 50.9 Å². The van der Waals surface area contributed by atoms with Crippen molar-refractivity contribution in [2.45, 2.75) is 6.42 Å². The fourth-order valence-corrected chi connectivity index (χ4v) is 7.03. The van der Waals surface area contributed by atoms with E-state index < -0.39 is 0 Å². The van der Waals surface area contributed by atoms with Gasteiger partial charge in [0.15, 0.2) is 17.5 Å². The van der Waals surface area contributed by atoms with Crippen molar-refractivity contribution in [2.24, 2.45) is 0 Å². The number of rotatable bonds is 5. The molecule has 7 aromatic carbocycles. The Hall–Kier alpha value is -6.70. The van der Waals surface area contributed by atoms with Gasteiger partial charge in [0.1, 0.15) is 0 Å². The van der Waals surface area contributed by atoms with Crippen molar-refractivity contribution in [3.05, 3.63) is 174 Å². The normalized spacial score (nSPS) is 11.6. The van der Waals surface area contributed by atoms with Crippen molar-refractivity contribution >= 4 is 10.8 Å². The lowest BCUT2D eigenvalue weighted by molar-refractivity contribution is 1.07. The summed E-state index contributed by atoms with van der Waals surface area (Å²) in [5.74, 6) is 1.94. The molecule has 8 aromatic rings. The molecule has 4 heteroatoms. The van der Waals surface area contributed by atoms with Crippen LogP contribution in [-0.4, -0.2) is 15.0 Å². The first-order valence-corrected chi connectivity index (χ1v) is 16.4. The average molecular weight is 625 g/mol. The van der Waals surface area contributed by atoms with Gasteiger partial charge in [-0.3, -0.25) is 0 Å². The predicted molar refractivity (Wildman–Crippen MR) is 197 cm³/mol. The van der Waals surface area contributed by atoms with Gasteiger partial charge in [0.2, 0.25) is 0 Å². The number of benzene rings is 7. The molecule has 0 aliphatic heterocycles. The smallest absolute Gasteiger partial charge is 0.164 e. The molecule has 1 aliphatic carbocycles. The third-order valence-corrected chi connectivity index (χ3v) is 9.44. The first-order chi connectivity index (χ1) is 24.2. The van der Waals surface area contributed by atoms with Gasteiger partial charge in [0.05, 0.1) is 11.6 Å². The zero-order chi connectivity index (χ0) is 32.7. The SMILES string of the molecule is N#Cc1cccc2c1-c1cc(-c3ccc(-c4ccc(-c5nc(-c6ccccc6)nc(-c6ccccc6)n5)cc4)cc3)c3ccccc3c1C2. The van der Waals surface area contributed by atoms with Crippen LogP contribution in [0, 0.1) is 11.3 Å². The van der Waals surface area contributed by atoms with Crippen molar-refractivity contribution in [2.75, 3.05) is 0 Å². The molecule has 0 atom stereocenters. The van der Waals surface area contributed by atoms with Gasteiger partial charge in [-0.1, -0.05) is 146 Å². The van der Waals surface area contributed by atoms with Crippen LogP contribution >= 0.6 is 0 Å². The number of nitriles is 1. The summed E-state index contributed by atoms with van der Waals surface area (Å²) in [6.07, 6.45) is 0.849. The van der Waals surface area contributed by atoms with Crippen molar-refractivity contribution in [3.63, 3.8) is 0 Å². The maximum Gasteiger partial charge on any atom is 0.164 e. The molecule has 0 spiro atoms. The van der Waals surface area contributed by atoms with Crippen LogP contribution in [0.5, 0.6) is 0 Å².